The van der Waals surface area contributed by atoms with Crippen LogP contribution in [0.1, 0.15) is 31.0 Å². The van der Waals surface area contributed by atoms with Gasteiger partial charge in [-0.3, -0.25) is 0 Å². The summed E-state index contributed by atoms with van der Waals surface area (Å²) in [5, 5.41) is 8.04. The van der Waals surface area contributed by atoms with Gasteiger partial charge in [-0.25, -0.2) is 9.07 Å². The number of nitrogens with zero attached hydrogens (tertiary/aromatic N) is 2. The molecule has 0 saturated heterocycles. The average molecular weight is 282 g/mol. The Morgan fingerprint density at radius 3 is 2.79 bits per heavy atom. The normalized spacial score (nSPS) is 12.7. The smallest absolute Gasteiger partial charge is 0.126 e. The quantitative estimate of drug-likeness (QED) is 0.927. The molecule has 19 heavy (non-hydrogen) atoms. The van der Waals surface area contributed by atoms with Crippen molar-refractivity contribution in [1.82, 2.24) is 15.1 Å². The minimum atomic E-state index is -0.207. The second-order valence-corrected chi connectivity index (χ2v) is 4.98. The lowest BCUT2D eigenvalue weighted by atomic mass is 10.0. The van der Waals surface area contributed by atoms with Crippen molar-refractivity contribution in [2.24, 2.45) is 0 Å². The Morgan fingerprint density at radius 2 is 2.21 bits per heavy atom. The molecule has 1 N–H and O–H groups in total. The van der Waals surface area contributed by atoms with E-state index in [2.05, 4.69) is 10.4 Å². The van der Waals surface area contributed by atoms with Crippen molar-refractivity contribution in [2.75, 3.05) is 6.54 Å². The summed E-state index contributed by atoms with van der Waals surface area (Å²) in [6, 6.07) is 3.40. The SMILES string of the molecule is CCNC(C)c1cc(F)c(C)cc1-n1cc(Cl)cn1. The van der Waals surface area contributed by atoms with Crippen LogP contribution in [-0.4, -0.2) is 16.3 Å². The molecule has 2 rings (SSSR count). The largest absolute Gasteiger partial charge is 0.310 e. The molecular formula is C14H17ClFN3. The first-order valence-corrected chi connectivity index (χ1v) is 6.64. The molecular weight excluding hydrogens is 265 g/mol. The van der Waals surface area contributed by atoms with Crippen LogP contribution in [0, 0.1) is 12.7 Å². The molecule has 0 spiro atoms. The van der Waals surface area contributed by atoms with Crippen LogP contribution in [0.3, 0.4) is 0 Å². The van der Waals surface area contributed by atoms with Gasteiger partial charge in [0.15, 0.2) is 0 Å². The summed E-state index contributed by atoms with van der Waals surface area (Å²) < 4.78 is 15.5. The molecule has 0 aliphatic carbocycles. The van der Waals surface area contributed by atoms with Crippen LogP contribution in [0.2, 0.25) is 5.02 Å². The van der Waals surface area contributed by atoms with Crippen LogP contribution in [-0.2, 0) is 0 Å². The minimum Gasteiger partial charge on any atom is -0.310 e. The Morgan fingerprint density at radius 1 is 1.47 bits per heavy atom. The molecule has 3 nitrogen and oxygen atoms in total. The molecule has 5 heteroatoms. The summed E-state index contributed by atoms with van der Waals surface area (Å²) >= 11 is 5.90. The van der Waals surface area contributed by atoms with Crippen LogP contribution < -0.4 is 5.32 Å². The van der Waals surface area contributed by atoms with Gasteiger partial charge in [0.05, 0.1) is 16.9 Å². The standard InChI is InChI=1S/C14H17ClFN3/c1-4-17-10(3)12-6-13(16)9(2)5-14(12)19-8-11(15)7-18-19/h5-8,10,17H,4H2,1-3H3. The number of hydrogen-bond acceptors (Lipinski definition) is 2. The molecule has 0 aliphatic heterocycles. The van der Waals surface area contributed by atoms with Gasteiger partial charge in [0.25, 0.3) is 0 Å². The molecule has 1 aromatic heterocycles. The monoisotopic (exact) mass is 281 g/mol. The summed E-state index contributed by atoms with van der Waals surface area (Å²) in [6.45, 7) is 6.58. The lowest BCUT2D eigenvalue weighted by molar-refractivity contribution is 0.575. The Hall–Kier alpha value is -1.39. The molecule has 102 valence electrons. The van der Waals surface area contributed by atoms with E-state index < -0.39 is 0 Å². The van der Waals surface area contributed by atoms with Gasteiger partial charge in [-0.15, -0.1) is 0 Å². The summed E-state index contributed by atoms with van der Waals surface area (Å²) in [5.41, 5.74) is 2.30. The average Bonchev–Trinajstić information content (AvgIpc) is 2.79. The highest BCUT2D eigenvalue weighted by Gasteiger charge is 2.15. The Labute approximate surface area is 117 Å². The number of nitrogens with one attached hydrogen (secondary N) is 1. The molecule has 0 aliphatic rings. The van der Waals surface area contributed by atoms with E-state index in [1.165, 1.54) is 0 Å². The fourth-order valence-corrected chi connectivity index (χ4v) is 2.21. The number of rotatable bonds is 4. The molecule has 1 heterocycles. The van der Waals surface area contributed by atoms with Gasteiger partial charge < -0.3 is 5.32 Å². The number of hydrogen-bond donors (Lipinski definition) is 1. The zero-order valence-electron chi connectivity index (χ0n) is 11.2. The summed E-state index contributed by atoms with van der Waals surface area (Å²) in [5.74, 6) is -0.207. The Kier molecular flexibility index (Phi) is 4.22. The van der Waals surface area contributed by atoms with Crippen LogP contribution in [0.4, 0.5) is 4.39 Å². The third-order valence-electron chi connectivity index (χ3n) is 3.08. The van der Waals surface area contributed by atoms with E-state index in [9.17, 15) is 4.39 Å². The van der Waals surface area contributed by atoms with Crippen molar-refractivity contribution >= 4 is 11.6 Å². The molecule has 1 unspecified atom stereocenters. The highest BCUT2D eigenvalue weighted by atomic mass is 35.5. The fourth-order valence-electron chi connectivity index (χ4n) is 2.08. The third kappa shape index (κ3) is 2.96. The third-order valence-corrected chi connectivity index (χ3v) is 3.28. The van der Waals surface area contributed by atoms with Crippen molar-refractivity contribution in [2.45, 2.75) is 26.8 Å². The van der Waals surface area contributed by atoms with E-state index in [1.807, 2.05) is 13.8 Å². The number of aromatic nitrogens is 2. The predicted molar refractivity (Wildman–Crippen MR) is 75.4 cm³/mol. The zero-order valence-corrected chi connectivity index (χ0v) is 12.0. The van der Waals surface area contributed by atoms with Gasteiger partial charge in [0.2, 0.25) is 0 Å². The molecule has 0 bridgehead atoms. The maximum absolute atomic E-state index is 13.8. The van der Waals surface area contributed by atoms with Gasteiger partial charge in [-0.1, -0.05) is 18.5 Å². The van der Waals surface area contributed by atoms with Gasteiger partial charge in [0.1, 0.15) is 5.82 Å². The maximum atomic E-state index is 13.8. The van der Waals surface area contributed by atoms with Crippen molar-refractivity contribution in [3.8, 4) is 5.69 Å². The predicted octanol–water partition coefficient (Wildman–Crippen LogP) is 3.64. The van der Waals surface area contributed by atoms with E-state index in [0.717, 1.165) is 17.8 Å². The first-order chi connectivity index (χ1) is 9.02. The van der Waals surface area contributed by atoms with Gasteiger partial charge >= 0.3 is 0 Å². The van der Waals surface area contributed by atoms with E-state index in [0.29, 0.717) is 10.6 Å². The van der Waals surface area contributed by atoms with Crippen LogP contribution >= 0.6 is 11.6 Å². The Bertz CT molecular complexity index is 580. The molecule has 2 aromatic rings. The molecule has 0 amide bonds. The van der Waals surface area contributed by atoms with E-state index in [1.54, 1.807) is 36.1 Å². The summed E-state index contributed by atoms with van der Waals surface area (Å²) in [7, 11) is 0. The van der Waals surface area contributed by atoms with Crippen molar-refractivity contribution in [3.63, 3.8) is 0 Å². The Balaban J connectivity index is 2.54. The topological polar surface area (TPSA) is 29.9 Å². The van der Waals surface area contributed by atoms with E-state index >= 15 is 0 Å². The lowest BCUT2D eigenvalue weighted by Crippen LogP contribution is -2.20. The van der Waals surface area contributed by atoms with Crippen LogP contribution in [0.5, 0.6) is 0 Å². The summed E-state index contributed by atoms with van der Waals surface area (Å²) in [4.78, 5) is 0. The number of halogens is 2. The first kappa shape index (κ1) is 14.0. The first-order valence-electron chi connectivity index (χ1n) is 6.27. The molecule has 0 radical (unpaired) electrons. The highest BCUT2D eigenvalue weighted by molar-refractivity contribution is 6.30. The fraction of sp³-hybridized carbons (Fsp3) is 0.357. The molecule has 1 aromatic carbocycles. The van der Waals surface area contributed by atoms with Gasteiger partial charge in [-0.05, 0) is 43.7 Å². The molecule has 0 fully saturated rings. The van der Waals surface area contributed by atoms with Gasteiger partial charge in [-0.2, -0.15) is 5.10 Å². The van der Waals surface area contributed by atoms with Crippen LogP contribution in [0.25, 0.3) is 5.69 Å². The number of benzene rings is 1. The van der Waals surface area contributed by atoms with Crippen molar-refractivity contribution < 1.29 is 4.39 Å². The second kappa shape index (κ2) is 5.72. The highest BCUT2D eigenvalue weighted by Crippen LogP contribution is 2.25. The summed E-state index contributed by atoms with van der Waals surface area (Å²) in [6.07, 6.45) is 3.29. The lowest BCUT2D eigenvalue weighted by Gasteiger charge is -2.18. The molecule has 1 atom stereocenters. The van der Waals surface area contributed by atoms with Gasteiger partial charge in [0, 0.05) is 12.2 Å². The van der Waals surface area contributed by atoms with E-state index in [4.69, 9.17) is 11.6 Å². The minimum absolute atomic E-state index is 0.0399. The molecule has 0 saturated carbocycles. The number of aryl methyl sites for hydroxylation is 1. The van der Waals surface area contributed by atoms with Crippen LogP contribution in [0.15, 0.2) is 24.5 Å². The van der Waals surface area contributed by atoms with Crippen molar-refractivity contribution in [3.05, 3.63) is 46.5 Å². The second-order valence-electron chi connectivity index (χ2n) is 4.54. The maximum Gasteiger partial charge on any atom is 0.126 e. The van der Waals surface area contributed by atoms with Crippen molar-refractivity contribution in [1.29, 1.82) is 0 Å². The van der Waals surface area contributed by atoms with E-state index in [-0.39, 0.29) is 11.9 Å². The zero-order chi connectivity index (χ0) is 14.0.